The maximum absolute atomic E-state index is 2.32. The minimum absolute atomic E-state index is 0.638. The molecule has 2 atom stereocenters. The van der Waals surface area contributed by atoms with Crippen LogP contribution in [0.1, 0.15) is 37.7 Å². The van der Waals surface area contributed by atoms with E-state index in [-0.39, 0.29) is 0 Å². The molecule has 1 aromatic rings. The molecule has 13 heavy (non-hydrogen) atoms. The molecule has 2 aliphatic rings. The summed E-state index contributed by atoms with van der Waals surface area (Å²) in [5.74, 6) is 1.03. The van der Waals surface area contributed by atoms with Gasteiger partial charge in [0.25, 0.3) is 0 Å². The van der Waals surface area contributed by atoms with Crippen LogP contribution in [-0.2, 0) is 5.41 Å². The Morgan fingerprint density at radius 2 is 1.92 bits per heavy atom. The SMILES string of the molecule is c1ccc(C23CCCCC2C3)cc1. The minimum Gasteiger partial charge on any atom is -0.0622 e. The predicted octanol–water partition coefficient (Wildman–Crippen LogP) is 3.52. The van der Waals surface area contributed by atoms with Crippen molar-refractivity contribution in [3.63, 3.8) is 0 Å². The van der Waals surface area contributed by atoms with Crippen molar-refractivity contribution in [2.75, 3.05) is 0 Å². The Balaban J connectivity index is 1.94. The van der Waals surface area contributed by atoms with Gasteiger partial charge < -0.3 is 0 Å². The van der Waals surface area contributed by atoms with E-state index in [1.807, 2.05) is 0 Å². The molecule has 0 heteroatoms. The Labute approximate surface area is 80.0 Å². The van der Waals surface area contributed by atoms with E-state index in [4.69, 9.17) is 0 Å². The molecule has 68 valence electrons. The summed E-state index contributed by atoms with van der Waals surface area (Å²) in [6.07, 6.45) is 7.32. The zero-order valence-electron chi connectivity index (χ0n) is 8.00. The first-order valence-electron chi connectivity index (χ1n) is 5.47. The van der Waals surface area contributed by atoms with Gasteiger partial charge in [0.15, 0.2) is 0 Å². The van der Waals surface area contributed by atoms with Crippen molar-refractivity contribution < 1.29 is 0 Å². The number of fused-ring (bicyclic) bond motifs is 1. The van der Waals surface area contributed by atoms with Crippen molar-refractivity contribution in [3.8, 4) is 0 Å². The smallest absolute Gasteiger partial charge is 0.00155 e. The van der Waals surface area contributed by atoms with E-state index in [0.717, 1.165) is 5.92 Å². The molecule has 3 rings (SSSR count). The number of hydrogen-bond donors (Lipinski definition) is 0. The largest absolute Gasteiger partial charge is 0.0622 e. The topological polar surface area (TPSA) is 0 Å². The van der Waals surface area contributed by atoms with Crippen molar-refractivity contribution in [1.82, 2.24) is 0 Å². The molecular formula is C13H16. The highest BCUT2D eigenvalue weighted by atomic mass is 14.6. The second-order valence-electron chi connectivity index (χ2n) is 4.67. The van der Waals surface area contributed by atoms with Gasteiger partial charge in [-0.25, -0.2) is 0 Å². The first kappa shape index (κ1) is 7.61. The molecule has 2 saturated carbocycles. The highest BCUT2D eigenvalue weighted by molar-refractivity contribution is 5.34. The van der Waals surface area contributed by atoms with Crippen LogP contribution < -0.4 is 0 Å². The lowest BCUT2D eigenvalue weighted by atomic mass is 9.83. The summed E-state index contributed by atoms with van der Waals surface area (Å²) in [7, 11) is 0. The van der Waals surface area contributed by atoms with Crippen molar-refractivity contribution in [2.24, 2.45) is 5.92 Å². The molecule has 2 aliphatic carbocycles. The molecular weight excluding hydrogens is 156 g/mol. The predicted molar refractivity (Wildman–Crippen MR) is 54.7 cm³/mol. The Hall–Kier alpha value is -0.780. The maximum atomic E-state index is 2.32. The average molecular weight is 172 g/mol. The molecule has 0 saturated heterocycles. The summed E-state index contributed by atoms with van der Waals surface area (Å²) in [4.78, 5) is 0. The lowest BCUT2D eigenvalue weighted by Crippen LogP contribution is -2.13. The van der Waals surface area contributed by atoms with E-state index >= 15 is 0 Å². The first-order chi connectivity index (χ1) is 6.42. The van der Waals surface area contributed by atoms with Gasteiger partial charge in [0.05, 0.1) is 0 Å². The quantitative estimate of drug-likeness (QED) is 0.608. The zero-order valence-corrected chi connectivity index (χ0v) is 8.00. The summed E-state index contributed by atoms with van der Waals surface area (Å²) < 4.78 is 0. The highest BCUT2D eigenvalue weighted by Crippen LogP contribution is 2.62. The van der Waals surface area contributed by atoms with Crippen molar-refractivity contribution in [1.29, 1.82) is 0 Å². The van der Waals surface area contributed by atoms with Crippen LogP contribution in [0.25, 0.3) is 0 Å². The third-order valence-electron chi connectivity index (χ3n) is 4.01. The van der Waals surface area contributed by atoms with Gasteiger partial charge >= 0.3 is 0 Å². The van der Waals surface area contributed by atoms with Gasteiger partial charge in [-0.3, -0.25) is 0 Å². The van der Waals surface area contributed by atoms with Crippen LogP contribution >= 0.6 is 0 Å². The molecule has 2 unspecified atom stereocenters. The molecule has 0 bridgehead atoms. The van der Waals surface area contributed by atoms with Crippen LogP contribution in [0.4, 0.5) is 0 Å². The summed E-state index contributed by atoms with van der Waals surface area (Å²) in [5.41, 5.74) is 2.25. The lowest BCUT2D eigenvalue weighted by molar-refractivity contribution is 0.428. The monoisotopic (exact) mass is 172 g/mol. The van der Waals surface area contributed by atoms with Gasteiger partial charge in [-0.2, -0.15) is 0 Å². The third-order valence-corrected chi connectivity index (χ3v) is 4.01. The van der Waals surface area contributed by atoms with Gasteiger partial charge in [-0.05, 0) is 36.2 Å². The number of benzene rings is 1. The normalized spacial score (nSPS) is 36.8. The van der Waals surface area contributed by atoms with Crippen LogP contribution in [0.3, 0.4) is 0 Å². The van der Waals surface area contributed by atoms with Gasteiger partial charge in [0, 0.05) is 0 Å². The summed E-state index contributed by atoms with van der Waals surface area (Å²) >= 11 is 0. The van der Waals surface area contributed by atoms with Crippen LogP contribution in [0.5, 0.6) is 0 Å². The molecule has 1 aromatic carbocycles. The van der Waals surface area contributed by atoms with E-state index in [2.05, 4.69) is 30.3 Å². The Morgan fingerprint density at radius 3 is 2.69 bits per heavy atom. The Kier molecular flexibility index (Phi) is 1.52. The second-order valence-corrected chi connectivity index (χ2v) is 4.67. The molecule has 0 nitrogen and oxygen atoms in total. The van der Waals surface area contributed by atoms with E-state index < -0.39 is 0 Å². The van der Waals surface area contributed by atoms with E-state index in [0.29, 0.717) is 5.41 Å². The van der Waals surface area contributed by atoms with Crippen molar-refractivity contribution >= 4 is 0 Å². The van der Waals surface area contributed by atoms with Crippen molar-refractivity contribution in [2.45, 2.75) is 37.5 Å². The molecule has 0 aromatic heterocycles. The fourth-order valence-corrected chi connectivity index (χ4v) is 3.16. The Morgan fingerprint density at radius 1 is 1.08 bits per heavy atom. The van der Waals surface area contributed by atoms with Crippen molar-refractivity contribution in [3.05, 3.63) is 35.9 Å². The van der Waals surface area contributed by atoms with E-state index in [1.54, 1.807) is 5.56 Å². The van der Waals surface area contributed by atoms with E-state index in [9.17, 15) is 0 Å². The zero-order chi connectivity index (χ0) is 8.73. The van der Waals surface area contributed by atoms with Crippen LogP contribution in [0, 0.1) is 5.92 Å². The number of rotatable bonds is 1. The standard InChI is InChI=1S/C13H16/c1-2-6-11(7-3-1)13-9-5-4-8-12(13)10-13/h1-3,6-7,12H,4-5,8-10H2. The molecule has 0 aliphatic heterocycles. The van der Waals surface area contributed by atoms with E-state index in [1.165, 1.54) is 32.1 Å². The molecule has 0 N–H and O–H groups in total. The number of hydrogen-bond acceptors (Lipinski definition) is 0. The molecule has 0 radical (unpaired) electrons. The fourth-order valence-electron chi connectivity index (χ4n) is 3.16. The van der Waals surface area contributed by atoms with Gasteiger partial charge in [0.2, 0.25) is 0 Å². The average Bonchev–Trinajstić information content (AvgIpc) is 2.94. The summed E-state index contributed by atoms with van der Waals surface area (Å²) in [5, 5.41) is 0. The van der Waals surface area contributed by atoms with Crippen LogP contribution in [0.15, 0.2) is 30.3 Å². The summed E-state index contributed by atoms with van der Waals surface area (Å²) in [6.45, 7) is 0. The van der Waals surface area contributed by atoms with Gasteiger partial charge in [-0.15, -0.1) is 0 Å². The fraction of sp³-hybridized carbons (Fsp3) is 0.538. The molecule has 0 amide bonds. The Bertz CT molecular complexity index is 301. The molecule has 0 heterocycles. The lowest BCUT2D eigenvalue weighted by Gasteiger charge is -2.22. The first-order valence-corrected chi connectivity index (χ1v) is 5.47. The molecule has 0 spiro atoms. The minimum atomic E-state index is 0.638. The van der Waals surface area contributed by atoms with Crippen LogP contribution in [-0.4, -0.2) is 0 Å². The third kappa shape index (κ3) is 1.04. The highest BCUT2D eigenvalue weighted by Gasteiger charge is 2.55. The van der Waals surface area contributed by atoms with Crippen LogP contribution in [0.2, 0.25) is 0 Å². The molecule has 2 fully saturated rings. The maximum Gasteiger partial charge on any atom is -0.00155 e. The van der Waals surface area contributed by atoms with Gasteiger partial charge in [0.1, 0.15) is 0 Å². The van der Waals surface area contributed by atoms with Gasteiger partial charge in [-0.1, -0.05) is 43.2 Å². The summed E-state index contributed by atoms with van der Waals surface area (Å²) in [6, 6.07) is 11.2. The second kappa shape index (κ2) is 2.60.